The fourth-order valence-corrected chi connectivity index (χ4v) is 30.6. The largest absolute Gasteiger partial charge is 0.378 e. The van der Waals surface area contributed by atoms with Gasteiger partial charge in [-0.15, -0.1) is 0 Å². The summed E-state index contributed by atoms with van der Waals surface area (Å²) in [7, 11) is -4.56. The SMILES string of the molecule is [Au].[Au].c1cc([PH+](C[PH+](c2ccc(N3CCOCC3)cc2)c2ccc(N3CCOCC3)cc2)c2ccc(N3CCOCC3)cc2)ccc1N1CCOCC1.c1cc([PH+](C[PH+](c2ccc(N3CCOCC3)cc2)c2ccc(N3CCOCC3)cc2)c2ccc(N3CCOCC3)cc2)ccc1N1CCOCC1. The predicted octanol–water partition coefficient (Wildman–Crippen LogP) is 8.04. The summed E-state index contributed by atoms with van der Waals surface area (Å²) in [4.78, 5) is 19.7. The van der Waals surface area contributed by atoms with Crippen molar-refractivity contribution in [2.24, 2.45) is 0 Å². The summed E-state index contributed by atoms with van der Waals surface area (Å²) in [6.45, 7) is 28.0. The van der Waals surface area contributed by atoms with Crippen LogP contribution in [0.2, 0.25) is 0 Å². The topological polar surface area (TPSA) is 99.8 Å². The Labute approximate surface area is 652 Å². The molecule has 0 aliphatic carbocycles. The minimum atomic E-state index is -1.14. The summed E-state index contributed by atoms with van der Waals surface area (Å²) in [6, 6.07) is 76.5. The molecule has 16 nitrogen and oxygen atoms in total. The molecule has 8 heterocycles. The maximum atomic E-state index is 5.65. The first kappa shape index (κ1) is 77.2. The summed E-state index contributed by atoms with van der Waals surface area (Å²) < 4.78 is 45.2. The first-order valence-electron chi connectivity index (χ1n) is 37.5. The van der Waals surface area contributed by atoms with E-state index in [4.69, 9.17) is 37.9 Å². The van der Waals surface area contributed by atoms with Crippen LogP contribution < -0.4 is 81.6 Å². The number of rotatable bonds is 20. The number of hydrogen-bond donors (Lipinski definition) is 0. The van der Waals surface area contributed by atoms with Crippen LogP contribution in [0.1, 0.15) is 0 Å². The number of benzene rings is 8. The normalized spacial score (nSPS) is 18.5. The third-order valence-electron chi connectivity index (χ3n) is 21.4. The van der Waals surface area contributed by atoms with Gasteiger partial charge in [0.2, 0.25) is 0 Å². The second-order valence-corrected chi connectivity index (χ2v) is 38.7. The van der Waals surface area contributed by atoms with Gasteiger partial charge in [0.1, 0.15) is 74.1 Å². The van der Waals surface area contributed by atoms with Gasteiger partial charge in [0.15, 0.2) is 11.8 Å². The van der Waals surface area contributed by atoms with Crippen LogP contribution in [0, 0.1) is 0 Å². The third kappa shape index (κ3) is 20.1. The second-order valence-electron chi connectivity index (χ2n) is 27.4. The van der Waals surface area contributed by atoms with Crippen molar-refractivity contribution >= 4 is 120 Å². The molecule has 8 fully saturated rings. The van der Waals surface area contributed by atoms with Crippen molar-refractivity contribution in [3.63, 3.8) is 0 Å². The molecule has 8 aliphatic rings. The molecule has 22 heteroatoms. The number of morpholine rings is 8. The van der Waals surface area contributed by atoms with E-state index in [0.717, 1.165) is 222 Å². The monoisotopic (exact) mass is 1850 g/mol. The van der Waals surface area contributed by atoms with Crippen LogP contribution in [-0.4, -0.2) is 222 Å². The standard InChI is InChI=1S/2C41H50N4O4P2.2Au/c2*1-9-38(10-2-34(1)42-17-25-46-26-18-42)50(39-11-3-35(4-12-39)43-19-27-47-28-20-43)33-51(40-13-5-36(6-14-40)44-21-29-48-30-22-44)41-15-7-37(8-16-41)45-23-31-49-32-24-45;;/h2*1-16H,17-33H2;;/p+4. The molecule has 8 aliphatic heterocycles. The molecule has 0 spiro atoms. The first-order valence-corrected chi connectivity index (χ1v) is 44.3. The van der Waals surface area contributed by atoms with Gasteiger partial charge < -0.3 is 77.1 Å². The van der Waals surface area contributed by atoms with Crippen LogP contribution in [0.25, 0.3) is 0 Å². The Morgan fingerprint density at radius 3 is 0.356 bits per heavy atom. The third-order valence-corrected chi connectivity index (χ3v) is 35.3. The van der Waals surface area contributed by atoms with Crippen molar-refractivity contribution in [2.45, 2.75) is 0 Å². The summed E-state index contributed by atoms with van der Waals surface area (Å²) >= 11 is 0. The maximum Gasteiger partial charge on any atom is 0.174 e. The molecule has 0 amide bonds. The van der Waals surface area contributed by atoms with E-state index < -0.39 is 31.7 Å². The fourth-order valence-electron chi connectivity index (χ4n) is 15.4. The van der Waals surface area contributed by atoms with Crippen molar-refractivity contribution in [2.75, 3.05) is 261 Å². The second kappa shape index (κ2) is 39.4. The molecule has 16 rings (SSSR count). The molecule has 0 atom stereocenters. The fraction of sp³-hybridized carbons (Fsp3) is 0.415. The van der Waals surface area contributed by atoms with Gasteiger partial charge in [0.25, 0.3) is 0 Å². The van der Waals surface area contributed by atoms with Crippen LogP contribution >= 0.6 is 31.7 Å². The number of nitrogens with zero attached hydrogens (tertiary/aromatic N) is 8. The van der Waals surface area contributed by atoms with E-state index in [2.05, 4.69) is 233 Å². The summed E-state index contributed by atoms with van der Waals surface area (Å²) in [6.07, 6.45) is 0. The zero-order chi connectivity index (χ0) is 68.5. The molecule has 2 radical (unpaired) electrons. The molecular weight excluding hydrogens is 1740 g/mol. The average molecular weight is 1850 g/mol. The number of anilines is 8. The van der Waals surface area contributed by atoms with Crippen LogP contribution in [0.5, 0.6) is 0 Å². The Kier molecular flexibility index (Phi) is 29.3. The van der Waals surface area contributed by atoms with Crippen molar-refractivity contribution in [1.29, 1.82) is 0 Å². The molecule has 0 bridgehead atoms. The average Bonchev–Trinajstić information content (AvgIpc) is 0.798. The van der Waals surface area contributed by atoms with Gasteiger partial charge in [-0.3, -0.25) is 0 Å². The van der Waals surface area contributed by atoms with Crippen molar-refractivity contribution < 1.29 is 82.7 Å². The van der Waals surface area contributed by atoms with E-state index >= 15 is 0 Å². The maximum absolute atomic E-state index is 5.65. The molecule has 104 heavy (non-hydrogen) atoms. The van der Waals surface area contributed by atoms with Gasteiger partial charge >= 0.3 is 0 Å². The minimum Gasteiger partial charge on any atom is -0.378 e. The Morgan fingerprint density at radius 2 is 0.260 bits per heavy atom. The molecule has 0 saturated carbocycles. The van der Waals surface area contributed by atoms with E-state index in [1.807, 2.05) is 0 Å². The molecule has 8 aromatic rings. The van der Waals surface area contributed by atoms with E-state index in [0.29, 0.717) is 0 Å². The van der Waals surface area contributed by atoms with Crippen molar-refractivity contribution in [3.8, 4) is 0 Å². The minimum absolute atomic E-state index is 0. The van der Waals surface area contributed by atoms with Gasteiger partial charge in [-0.2, -0.15) is 0 Å². The zero-order valence-electron chi connectivity index (χ0n) is 60.0. The predicted molar refractivity (Wildman–Crippen MR) is 436 cm³/mol. The smallest absolute Gasteiger partial charge is 0.174 e. The molecule has 0 aromatic heterocycles. The number of ether oxygens (including phenoxy) is 8. The molecule has 8 saturated heterocycles. The van der Waals surface area contributed by atoms with E-state index in [9.17, 15) is 0 Å². The van der Waals surface area contributed by atoms with Crippen molar-refractivity contribution in [1.82, 2.24) is 0 Å². The van der Waals surface area contributed by atoms with Gasteiger partial charge in [-0.25, -0.2) is 0 Å². The van der Waals surface area contributed by atoms with E-state index in [1.165, 1.54) is 87.9 Å². The van der Waals surface area contributed by atoms with Crippen LogP contribution in [-0.2, 0) is 82.7 Å². The molecule has 558 valence electrons. The van der Waals surface area contributed by atoms with E-state index in [-0.39, 0.29) is 44.8 Å². The molecule has 0 N–H and O–H groups in total. The Bertz CT molecular complexity index is 3080. The Hall–Kier alpha value is -4.96. The summed E-state index contributed by atoms with van der Waals surface area (Å²) in [5.41, 5.74) is 10.4. The van der Waals surface area contributed by atoms with Crippen LogP contribution in [0.15, 0.2) is 194 Å². The molecule has 0 unspecified atom stereocenters. The summed E-state index contributed by atoms with van der Waals surface area (Å²) in [5, 5.41) is 11.8. The quantitative estimate of drug-likeness (QED) is 0.0544. The Morgan fingerprint density at radius 1 is 0.163 bits per heavy atom. The van der Waals surface area contributed by atoms with Gasteiger partial charge in [0, 0.05) is 195 Å². The van der Waals surface area contributed by atoms with Crippen LogP contribution in [0.3, 0.4) is 0 Å². The first-order chi connectivity index (χ1) is 50.6. The van der Waals surface area contributed by atoms with Gasteiger partial charge in [0.05, 0.1) is 106 Å². The number of hydrogen-bond acceptors (Lipinski definition) is 16. The summed E-state index contributed by atoms with van der Waals surface area (Å²) in [5.74, 6) is 2.33. The van der Waals surface area contributed by atoms with Crippen LogP contribution in [0.4, 0.5) is 45.5 Å². The van der Waals surface area contributed by atoms with Gasteiger partial charge in [-0.05, 0) is 194 Å². The zero-order valence-corrected chi connectivity index (χ0v) is 68.3. The van der Waals surface area contributed by atoms with Gasteiger partial charge in [-0.1, -0.05) is 0 Å². The molecule has 8 aromatic carbocycles. The Balaban J connectivity index is 0.000000181. The molecular formula is C82H104Au2N8O8P4+4. The van der Waals surface area contributed by atoms with E-state index in [1.54, 1.807) is 0 Å². The van der Waals surface area contributed by atoms with Crippen molar-refractivity contribution in [3.05, 3.63) is 194 Å².